The molecule has 71 valence electrons. The van der Waals surface area contributed by atoms with Crippen molar-refractivity contribution in [2.24, 2.45) is 0 Å². The molecule has 0 spiro atoms. The molecule has 0 fully saturated rings. The minimum Gasteiger partial charge on any atom is -0.512 e. The van der Waals surface area contributed by atoms with E-state index in [1.807, 2.05) is 0 Å². The van der Waals surface area contributed by atoms with Crippen LogP contribution in [0.4, 0.5) is 0 Å². The summed E-state index contributed by atoms with van der Waals surface area (Å²) in [6.45, 7) is 28.5. The van der Waals surface area contributed by atoms with Crippen molar-refractivity contribution in [1.82, 2.24) is 0 Å². The molecular formula is C6IrN6Zn-6. The summed E-state index contributed by atoms with van der Waals surface area (Å²) in [7, 11) is 0. The van der Waals surface area contributed by atoms with Crippen molar-refractivity contribution in [3.05, 3.63) is 39.4 Å². The van der Waals surface area contributed by atoms with Gasteiger partial charge >= 0.3 is 0 Å². The second-order valence-corrected chi connectivity index (χ2v) is 0. The van der Waals surface area contributed by atoms with E-state index in [9.17, 15) is 0 Å². The zero-order valence-electron chi connectivity index (χ0n) is 6.72. The van der Waals surface area contributed by atoms with Crippen molar-refractivity contribution in [1.29, 1.82) is 31.6 Å². The average molecular weight is 414 g/mol. The molecule has 8 heteroatoms. The Morgan fingerprint density at radius 1 is 0.357 bits per heavy atom. The summed E-state index contributed by atoms with van der Waals surface area (Å²) in [6.07, 6.45) is 0. The Morgan fingerprint density at radius 3 is 0.357 bits per heavy atom. The van der Waals surface area contributed by atoms with Gasteiger partial charge in [0.1, 0.15) is 0 Å². The van der Waals surface area contributed by atoms with Crippen LogP contribution < -0.4 is 0 Å². The Kier molecular flexibility index (Phi) is 2260. The van der Waals surface area contributed by atoms with Crippen molar-refractivity contribution in [3.8, 4) is 0 Å². The van der Waals surface area contributed by atoms with Crippen LogP contribution in [0.3, 0.4) is 0 Å². The topological polar surface area (TPSA) is 143 Å². The van der Waals surface area contributed by atoms with Crippen LogP contribution in [0.25, 0.3) is 0 Å². The summed E-state index contributed by atoms with van der Waals surface area (Å²) >= 11 is 0. The Balaban J connectivity index is -0.00000000500. The third-order valence-electron chi connectivity index (χ3n) is 0. The molecule has 0 saturated carbocycles. The summed E-state index contributed by atoms with van der Waals surface area (Å²) < 4.78 is 0. The van der Waals surface area contributed by atoms with Crippen molar-refractivity contribution < 1.29 is 39.6 Å². The van der Waals surface area contributed by atoms with E-state index >= 15 is 0 Å². The molecule has 0 saturated heterocycles. The first-order valence-electron chi connectivity index (χ1n) is 1.34. The maximum Gasteiger partial charge on any atom is 0 e. The predicted octanol–water partition coefficient (Wildman–Crippen LogP) is 0.573. The van der Waals surface area contributed by atoms with Gasteiger partial charge in [-0.25, -0.2) is 0 Å². The van der Waals surface area contributed by atoms with Gasteiger partial charge in [0, 0.05) is 39.6 Å². The average Bonchev–Trinajstić information content (AvgIpc) is 2.33. The fourth-order valence-electron chi connectivity index (χ4n) is 0. The molecule has 0 aromatic rings. The largest absolute Gasteiger partial charge is 0.512 e. The summed E-state index contributed by atoms with van der Waals surface area (Å²) in [6, 6.07) is 0. The van der Waals surface area contributed by atoms with Crippen LogP contribution in [0.5, 0.6) is 0 Å². The van der Waals surface area contributed by atoms with Gasteiger partial charge in [-0.15, -0.1) is 0 Å². The first-order chi connectivity index (χ1) is 6.00. The molecule has 0 N–H and O–H groups in total. The first kappa shape index (κ1) is 86.5. The van der Waals surface area contributed by atoms with Crippen LogP contribution in [-0.4, -0.2) is 0 Å². The number of nitrogens with zero attached hydrogens (tertiary/aromatic N) is 6. The maximum atomic E-state index is 6.25. The van der Waals surface area contributed by atoms with E-state index in [4.69, 9.17) is 71.0 Å². The van der Waals surface area contributed by atoms with Crippen LogP contribution >= 0.6 is 0 Å². The summed E-state index contributed by atoms with van der Waals surface area (Å²) in [5, 5.41) is 37.5. The zero-order chi connectivity index (χ0) is 12.0. The van der Waals surface area contributed by atoms with Gasteiger partial charge in [0.15, 0.2) is 0 Å². The van der Waals surface area contributed by atoms with E-state index in [0.29, 0.717) is 0 Å². The van der Waals surface area contributed by atoms with Gasteiger partial charge in [-0.2, -0.15) is 0 Å². The SMILES string of the molecule is [C-]#N.[C-]#N.[C-]#N.[C-]#N.[C-]#N.[C-]#N.[Ir].[Zn]. The van der Waals surface area contributed by atoms with E-state index < -0.39 is 0 Å². The molecule has 0 rings (SSSR count). The fourth-order valence-corrected chi connectivity index (χ4v) is 0. The van der Waals surface area contributed by atoms with E-state index in [2.05, 4.69) is 0 Å². The minimum absolute atomic E-state index is 0. The summed E-state index contributed by atoms with van der Waals surface area (Å²) in [5.41, 5.74) is 0. The number of hydrogen-bond acceptors (Lipinski definition) is 6. The van der Waals surface area contributed by atoms with E-state index in [1.165, 1.54) is 0 Å². The third kappa shape index (κ3) is 271. The Labute approximate surface area is 110 Å². The molecule has 0 unspecified atom stereocenters. The molecule has 0 aliphatic carbocycles. The number of hydrogen-bond donors (Lipinski definition) is 0. The van der Waals surface area contributed by atoms with Crippen molar-refractivity contribution in [2.75, 3.05) is 0 Å². The molecule has 14 heavy (non-hydrogen) atoms. The predicted molar refractivity (Wildman–Crippen MR) is 29.8 cm³/mol. The van der Waals surface area contributed by atoms with Gasteiger partial charge < -0.3 is 71.0 Å². The number of rotatable bonds is 0. The first-order valence-corrected chi connectivity index (χ1v) is 1.34. The Bertz CT molecular complexity index is 97.3. The molecule has 1 radical (unpaired) electrons. The fraction of sp³-hybridized carbons (Fsp3) is 0. The van der Waals surface area contributed by atoms with E-state index in [0.717, 1.165) is 0 Å². The van der Waals surface area contributed by atoms with Crippen LogP contribution in [0, 0.1) is 71.0 Å². The van der Waals surface area contributed by atoms with Gasteiger partial charge in [0.2, 0.25) is 0 Å². The van der Waals surface area contributed by atoms with Gasteiger partial charge in [0.25, 0.3) is 0 Å². The van der Waals surface area contributed by atoms with Crippen LogP contribution in [0.1, 0.15) is 0 Å². The summed E-state index contributed by atoms with van der Waals surface area (Å²) in [5.74, 6) is 0. The van der Waals surface area contributed by atoms with E-state index in [-0.39, 0.29) is 39.6 Å². The summed E-state index contributed by atoms with van der Waals surface area (Å²) in [4.78, 5) is 0. The van der Waals surface area contributed by atoms with Crippen LogP contribution in [-0.2, 0) is 39.6 Å². The smallest absolute Gasteiger partial charge is 0 e. The van der Waals surface area contributed by atoms with Crippen molar-refractivity contribution in [3.63, 3.8) is 0 Å². The molecule has 0 aliphatic heterocycles. The van der Waals surface area contributed by atoms with Crippen LogP contribution in [0.15, 0.2) is 0 Å². The molecule has 0 heterocycles. The van der Waals surface area contributed by atoms with Gasteiger partial charge in [-0.05, 0) is 0 Å². The minimum atomic E-state index is 0. The molecule has 0 aliphatic rings. The van der Waals surface area contributed by atoms with Crippen molar-refractivity contribution >= 4 is 0 Å². The second-order valence-electron chi connectivity index (χ2n) is 0. The molecule has 0 aromatic carbocycles. The molecule has 0 atom stereocenters. The molecule has 6 nitrogen and oxygen atoms in total. The quantitative estimate of drug-likeness (QED) is 0.419. The standard InChI is InChI=1S/6CN.Ir.Zn/c6*1-2;;/q6*-1;;. The molecular weight excluding hydrogens is 414 g/mol. The molecule has 0 bridgehead atoms. The van der Waals surface area contributed by atoms with Gasteiger partial charge in [-0.1, -0.05) is 0 Å². The van der Waals surface area contributed by atoms with Gasteiger partial charge in [0.05, 0.1) is 0 Å². The van der Waals surface area contributed by atoms with Gasteiger partial charge in [-0.3, -0.25) is 0 Å². The van der Waals surface area contributed by atoms with Crippen LogP contribution in [0.2, 0.25) is 0 Å². The van der Waals surface area contributed by atoms with E-state index in [1.54, 1.807) is 0 Å². The zero-order valence-corrected chi connectivity index (χ0v) is 12.1. The Hall–Kier alpha value is -1.79. The monoisotopic (exact) mass is 413 g/mol. The molecule has 0 amide bonds. The molecule has 0 aromatic heterocycles. The Morgan fingerprint density at radius 2 is 0.357 bits per heavy atom. The normalized spacial score (nSPS) is 0.857. The third-order valence-corrected chi connectivity index (χ3v) is 0. The van der Waals surface area contributed by atoms with Crippen molar-refractivity contribution in [2.45, 2.75) is 0 Å². The second kappa shape index (κ2) is 366. The maximum absolute atomic E-state index is 6.25.